The van der Waals surface area contributed by atoms with Crippen molar-refractivity contribution in [1.82, 2.24) is 4.90 Å². The number of unbranched alkanes of at least 4 members (excludes halogenated alkanes) is 2. The van der Waals surface area contributed by atoms with Gasteiger partial charge >= 0.3 is 5.97 Å². The zero-order chi connectivity index (χ0) is 16.2. The third kappa shape index (κ3) is 4.30. The number of aliphatic carboxylic acids is 1. The summed E-state index contributed by atoms with van der Waals surface area (Å²) in [5.74, 6) is -1.07. The predicted octanol–water partition coefficient (Wildman–Crippen LogP) is 2.95. The fourth-order valence-electron chi connectivity index (χ4n) is 2.74. The van der Waals surface area contributed by atoms with Crippen molar-refractivity contribution in [2.75, 3.05) is 0 Å². The van der Waals surface area contributed by atoms with Crippen molar-refractivity contribution in [3.05, 3.63) is 11.6 Å². The van der Waals surface area contributed by atoms with E-state index in [4.69, 9.17) is 4.74 Å². The summed E-state index contributed by atoms with van der Waals surface area (Å²) in [6, 6.07) is -0.545. The number of hydrogen-bond donors (Lipinski definition) is 1. The Kier molecular flexibility index (Phi) is 5.96. The molecule has 1 N–H and O–H groups in total. The van der Waals surface area contributed by atoms with E-state index in [1.807, 2.05) is 19.9 Å². The highest BCUT2D eigenvalue weighted by molar-refractivity contribution is 5.81. The van der Waals surface area contributed by atoms with Crippen molar-refractivity contribution >= 4 is 11.9 Å². The van der Waals surface area contributed by atoms with E-state index in [1.165, 1.54) is 0 Å². The maximum absolute atomic E-state index is 12.5. The minimum absolute atomic E-state index is 0.0419. The standard InChI is InChI=1S/C16H27NO4/c1-6-7-8-9-13(18)17-12(10-11(2)3)14(15(19)20)21-16(17,4)5/h10,12,14H,6-9H2,1-5H3,(H,19,20). The van der Waals surface area contributed by atoms with E-state index in [2.05, 4.69) is 6.92 Å². The molecule has 0 aromatic carbocycles. The second kappa shape index (κ2) is 7.07. The van der Waals surface area contributed by atoms with Crippen molar-refractivity contribution in [2.24, 2.45) is 0 Å². The van der Waals surface area contributed by atoms with E-state index < -0.39 is 23.8 Å². The van der Waals surface area contributed by atoms with Crippen molar-refractivity contribution in [3.63, 3.8) is 0 Å². The van der Waals surface area contributed by atoms with Crippen LogP contribution in [0.15, 0.2) is 11.6 Å². The van der Waals surface area contributed by atoms with Gasteiger partial charge in [0.15, 0.2) is 6.10 Å². The van der Waals surface area contributed by atoms with Gasteiger partial charge in [-0.15, -0.1) is 0 Å². The van der Waals surface area contributed by atoms with Crippen LogP contribution in [0.4, 0.5) is 0 Å². The summed E-state index contributed by atoms with van der Waals surface area (Å²) in [6.07, 6.45) is 4.09. The summed E-state index contributed by atoms with van der Waals surface area (Å²) in [6.45, 7) is 9.37. The Morgan fingerprint density at radius 1 is 1.29 bits per heavy atom. The lowest BCUT2D eigenvalue weighted by Gasteiger charge is -2.32. The van der Waals surface area contributed by atoms with E-state index in [1.54, 1.807) is 18.7 Å². The first-order valence-corrected chi connectivity index (χ1v) is 7.58. The smallest absolute Gasteiger partial charge is 0.335 e. The molecule has 0 saturated carbocycles. The highest BCUT2D eigenvalue weighted by Gasteiger charge is 2.51. The maximum atomic E-state index is 12.5. The molecule has 1 rings (SSSR count). The zero-order valence-electron chi connectivity index (χ0n) is 13.7. The Labute approximate surface area is 127 Å². The molecular formula is C16H27NO4. The summed E-state index contributed by atoms with van der Waals surface area (Å²) in [5.41, 5.74) is 0.0714. The minimum Gasteiger partial charge on any atom is -0.479 e. The number of allylic oxidation sites excluding steroid dienone is 1. The van der Waals surface area contributed by atoms with Crippen LogP contribution in [0, 0.1) is 0 Å². The molecule has 1 heterocycles. The van der Waals surface area contributed by atoms with Gasteiger partial charge in [-0.2, -0.15) is 0 Å². The fraction of sp³-hybridized carbons (Fsp3) is 0.750. The largest absolute Gasteiger partial charge is 0.479 e. The van der Waals surface area contributed by atoms with Crippen LogP contribution in [0.25, 0.3) is 0 Å². The van der Waals surface area contributed by atoms with Crippen LogP contribution in [0.5, 0.6) is 0 Å². The lowest BCUT2D eigenvalue weighted by Crippen LogP contribution is -2.48. The fourth-order valence-corrected chi connectivity index (χ4v) is 2.74. The first-order valence-electron chi connectivity index (χ1n) is 7.58. The average Bonchev–Trinajstić information content (AvgIpc) is 2.60. The Morgan fingerprint density at radius 3 is 2.38 bits per heavy atom. The van der Waals surface area contributed by atoms with Gasteiger partial charge in [-0.05, 0) is 34.1 Å². The van der Waals surface area contributed by atoms with Crippen LogP contribution in [0.2, 0.25) is 0 Å². The van der Waals surface area contributed by atoms with Crippen molar-refractivity contribution in [1.29, 1.82) is 0 Å². The third-order valence-electron chi connectivity index (χ3n) is 3.61. The van der Waals surface area contributed by atoms with Gasteiger partial charge < -0.3 is 14.7 Å². The van der Waals surface area contributed by atoms with Crippen LogP contribution in [0.1, 0.15) is 60.3 Å². The van der Waals surface area contributed by atoms with Gasteiger partial charge in [0, 0.05) is 6.42 Å². The molecule has 0 aromatic rings. The molecule has 5 nitrogen and oxygen atoms in total. The summed E-state index contributed by atoms with van der Waals surface area (Å²) >= 11 is 0. The molecule has 1 fully saturated rings. The SMILES string of the molecule is CCCCCC(=O)N1C(C=C(C)C)C(C(=O)O)OC1(C)C. The number of nitrogens with zero attached hydrogens (tertiary/aromatic N) is 1. The van der Waals surface area contributed by atoms with Crippen LogP contribution in [-0.2, 0) is 14.3 Å². The summed E-state index contributed by atoms with van der Waals surface area (Å²) < 4.78 is 5.62. The van der Waals surface area contributed by atoms with E-state index in [0.29, 0.717) is 6.42 Å². The lowest BCUT2D eigenvalue weighted by molar-refractivity contribution is -0.159. The Balaban J connectivity index is 3.02. The normalized spacial score (nSPS) is 24.0. The summed E-state index contributed by atoms with van der Waals surface area (Å²) in [5, 5.41) is 9.35. The molecule has 120 valence electrons. The minimum atomic E-state index is -1.03. The molecule has 2 unspecified atom stereocenters. The van der Waals surface area contributed by atoms with Crippen LogP contribution in [-0.4, -0.2) is 39.8 Å². The Hall–Kier alpha value is -1.36. The molecular weight excluding hydrogens is 270 g/mol. The van der Waals surface area contributed by atoms with Gasteiger partial charge in [0.1, 0.15) is 5.72 Å². The molecule has 1 saturated heterocycles. The quantitative estimate of drug-likeness (QED) is 0.604. The number of carboxylic acid groups (broad SMARTS) is 1. The number of carboxylic acids is 1. The Bertz CT molecular complexity index is 424. The molecule has 0 radical (unpaired) electrons. The predicted molar refractivity (Wildman–Crippen MR) is 80.8 cm³/mol. The van der Waals surface area contributed by atoms with Crippen LogP contribution >= 0.6 is 0 Å². The molecule has 21 heavy (non-hydrogen) atoms. The number of hydrogen-bond acceptors (Lipinski definition) is 3. The summed E-state index contributed by atoms with van der Waals surface area (Å²) in [7, 11) is 0. The molecule has 1 aliphatic rings. The van der Waals surface area contributed by atoms with E-state index in [9.17, 15) is 14.7 Å². The molecule has 1 amide bonds. The van der Waals surface area contributed by atoms with Crippen molar-refractivity contribution in [2.45, 2.75) is 78.2 Å². The first kappa shape index (κ1) is 17.7. The van der Waals surface area contributed by atoms with Gasteiger partial charge in [0.25, 0.3) is 0 Å². The number of carbonyl (C=O) groups is 2. The summed E-state index contributed by atoms with van der Waals surface area (Å²) in [4.78, 5) is 25.5. The molecule has 0 spiro atoms. The topological polar surface area (TPSA) is 66.8 Å². The van der Waals surface area contributed by atoms with Gasteiger partial charge in [-0.25, -0.2) is 4.79 Å². The second-order valence-electron chi connectivity index (χ2n) is 6.28. The van der Waals surface area contributed by atoms with Crippen LogP contribution < -0.4 is 0 Å². The third-order valence-corrected chi connectivity index (χ3v) is 3.61. The van der Waals surface area contributed by atoms with Crippen molar-refractivity contribution in [3.8, 4) is 0 Å². The van der Waals surface area contributed by atoms with Gasteiger partial charge in [-0.1, -0.05) is 31.4 Å². The van der Waals surface area contributed by atoms with Crippen molar-refractivity contribution < 1.29 is 19.4 Å². The van der Waals surface area contributed by atoms with Gasteiger partial charge in [-0.3, -0.25) is 4.79 Å². The number of amides is 1. The average molecular weight is 297 g/mol. The highest BCUT2D eigenvalue weighted by atomic mass is 16.6. The number of ether oxygens (including phenoxy) is 1. The molecule has 0 aliphatic carbocycles. The zero-order valence-corrected chi connectivity index (χ0v) is 13.7. The molecule has 1 aliphatic heterocycles. The first-order chi connectivity index (χ1) is 9.70. The number of rotatable bonds is 6. The number of carbonyl (C=O) groups excluding carboxylic acids is 1. The molecule has 0 aromatic heterocycles. The van der Waals surface area contributed by atoms with Gasteiger partial charge in [0.05, 0.1) is 6.04 Å². The van der Waals surface area contributed by atoms with E-state index >= 15 is 0 Å². The maximum Gasteiger partial charge on any atom is 0.335 e. The lowest BCUT2D eigenvalue weighted by atomic mass is 10.0. The van der Waals surface area contributed by atoms with Gasteiger partial charge in [0.2, 0.25) is 5.91 Å². The molecule has 0 bridgehead atoms. The monoisotopic (exact) mass is 297 g/mol. The molecule has 2 atom stereocenters. The second-order valence-corrected chi connectivity index (χ2v) is 6.28. The van der Waals surface area contributed by atoms with E-state index in [0.717, 1.165) is 24.8 Å². The van der Waals surface area contributed by atoms with Crippen LogP contribution in [0.3, 0.4) is 0 Å². The Morgan fingerprint density at radius 2 is 1.90 bits per heavy atom. The highest BCUT2D eigenvalue weighted by Crippen LogP contribution is 2.34. The van der Waals surface area contributed by atoms with E-state index in [-0.39, 0.29) is 5.91 Å². The molecule has 5 heteroatoms.